The van der Waals surface area contributed by atoms with Crippen LogP contribution in [-0.2, 0) is 0 Å². The molecule has 0 saturated carbocycles. The van der Waals surface area contributed by atoms with E-state index in [1.165, 1.54) is 6.07 Å². The molecule has 1 amide bonds. The normalized spacial score (nSPS) is 19.4. The summed E-state index contributed by atoms with van der Waals surface area (Å²) in [6, 6.07) is 4.80. The molecule has 0 aliphatic carbocycles. The molecule has 1 saturated heterocycles. The fourth-order valence-corrected chi connectivity index (χ4v) is 2.69. The van der Waals surface area contributed by atoms with Crippen LogP contribution in [0.2, 0.25) is 0 Å². The average molecular weight is 276 g/mol. The minimum absolute atomic E-state index is 0.0845. The van der Waals surface area contributed by atoms with E-state index in [0.29, 0.717) is 0 Å². The van der Waals surface area contributed by atoms with Crippen LogP contribution < -0.4 is 0 Å². The molecule has 5 nitrogen and oxygen atoms in total. The molecule has 0 aromatic carbocycles. The molecule has 5 heteroatoms. The Bertz CT molecular complexity index is 502. The molecule has 20 heavy (non-hydrogen) atoms. The highest BCUT2D eigenvalue weighted by Gasteiger charge is 2.26. The van der Waals surface area contributed by atoms with Gasteiger partial charge in [0.25, 0.3) is 5.91 Å². The zero-order valence-corrected chi connectivity index (χ0v) is 11.7. The molecule has 108 valence electrons. The van der Waals surface area contributed by atoms with Gasteiger partial charge in [-0.25, -0.2) is 9.78 Å². The van der Waals surface area contributed by atoms with Crippen molar-refractivity contribution >= 4 is 11.9 Å². The second kappa shape index (κ2) is 6.50. The van der Waals surface area contributed by atoms with Gasteiger partial charge in [0.1, 0.15) is 11.4 Å². The third kappa shape index (κ3) is 3.15. The van der Waals surface area contributed by atoms with E-state index in [-0.39, 0.29) is 23.3 Å². The number of carbonyl (C=O) groups excluding carboxylic acids is 1. The molecule has 1 N–H and O–H groups in total. The molecule has 1 aromatic rings. The summed E-state index contributed by atoms with van der Waals surface area (Å²) in [5, 5.41) is 8.96. The average Bonchev–Trinajstić information content (AvgIpc) is 2.71. The number of hydrogen-bond donors (Lipinski definition) is 1. The number of carbonyl (C=O) groups is 2. The van der Waals surface area contributed by atoms with Crippen LogP contribution in [0.5, 0.6) is 0 Å². The maximum Gasteiger partial charge on any atom is 0.354 e. The second-order valence-electron chi connectivity index (χ2n) is 5.12. The van der Waals surface area contributed by atoms with Crippen LogP contribution in [0.1, 0.15) is 60.0 Å². The maximum absolute atomic E-state index is 12.6. The van der Waals surface area contributed by atoms with E-state index < -0.39 is 5.97 Å². The van der Waals surface area contributed by atoms with Crippen molar-refractivity contribution in [2.75, 3.05) is 6.54 Å². The molecular formula is C15H20N2O3. The largest absolute Gasteiger partial charge is 0.477 e. The molecule has 1 fully saturated rings. The van der Waals surface area contributed by atoms with Crippen molar-refractivity contribution in [3.8, 4) is 0 Å². The summed E-state index contributed by atoms with van der Waals surface area (Å²) in [5.74, 6) is -1.26. The Morgan fingerprint density at radius 1 is 1.30 bits per heavy atom. The van der Waals surface area contributed by atoms with E-state index in [9.17, 15) is 9.59 Å². The zero-order valence-electron chi connectivity index (χ0n) is 11.7. The van der Waals surface area contributed by atoms with Crippen molar-refractivity contribution in [2.45, 2.75) is 45.1 Å². The highest BCUT2D eigenvalue weighted by molar-refractivity contribution is 5.94. The van der Waals surface area contributed by atoms with Crippen LogP contribution in [0.25, 0.3) is 0 Å². The summed E-state index contributed by atoms with van der Waals surface area (Å²) >= 11 is 0. The molecule has 1 aliphatic heterocycles. The Hall–Kier alpha value is -1.91. The number of aromatic carboxylic acids is 1. The van der Waals surface area contributed by atoms with Crippen LogP contribution in [0, 0.1) is 0 Å². The van der Waals surface area contributed by atoms with Gasteiger partial charge in [-0.3, -0.25) is 4.79 Å². The molecule has 1 atom stereocenters. The Kier molecular flexibility index (Phi) is 4.71. The molecule has 0 spiro atoms. The first kappa shape index (κ1) is 14.5. The summed E-state index contributed by atoms with van der Waals surface area (Å²) in [6.45, 7) is 2.81. The van der Waals surface area contributed by atoms with E-state index >= 15 is 0 Å². The topological polar surface area (TPSA) is 70.5 Å². The summed E-state index contributed by atoms with van der Waals surface area (Å²) in [4.78, 5) is 29.3. The van der Waals surface area contributed by atoms with Gasteiger partial charge in [-0.2, -0.15) is 0 Å². The van der Waals surface area contributed by atoms with Gasteiger partial charge < -0.3 is 10.0 Å². The van der Waals surface area contributed by atoms with Crippen molar-refractivity contribution in [3.05, 3.63) is 29.6 Å². The third-order valence-corrected chi connectivity index (χ3v) is 3.80. The monoisotopic (exact) mass is 276 g/mol. The lowest BCUT2D eigenvalue weighted by molar-refractivity contribution is 0.0670. The number of aromatic nitrogens is 1. The van der Waals surface area contributed by atoms with Crippen LogP contribution in [0.15, 0.2) is 18.2 Å². The van der Waals surface area contributed by atoms with Crippen molar-refractivity contribution in [1.29, 1.82) is 0 Å². The Labute approximate surface area is 118 Å². The first-order chi connectivity index (χ1) is 9.63. The number of nitrogens with zero attached hydrogens (tertiary/aromatic N) is 2. The van der Waals surface area contributed by atoms with Crippen molar-refractivity contribution in [2.24, 2.45) is 0 Å². The Balaban J connectivity index is 2.24. The van der Waals surface area contributed by atoms with E-state index in [2.05, 4.69) is 11.9 Å². The number of hydrogen-bond acceptors (Lipinski definition) is 3. The SMILES string of the molecule is CCC1CCCCCN1C(=O)c1cccc(C(=O)O)n1. The fraction of sp³-hybridized carbons (Fsp3) is 0.533. The number of carboxylic acid groups (broad SMARTS) is 1. The lowest BCUT2D eigenvalue weighted by atomic mass is 10.1. The fourth-order valence-electron chi connectivity index (χ4n) is 2.69. The molecule has 1 aromatic heterocycles. The molecule has 1 unspecified atom stereocenters. The maximum atomic E-state index is 12.6. The van der Waals surface area contributed by atoms with Gasteiger partial charge in [0.15, 0.2) is 0 Å². The number of amides is 1. The van der Waals surface area contributed by atoms with Gasteiger partial charge in [-0.05, 0) is 31.4 Å². The number of likely N-dealkylation sites (tertiary alicyclic amines) is 1. The van der Waals surface area contributed by atoms with Gasteiger partial charge in [0.2, 0.25) is 0 Å². The quantitative estimate of drug-likeness (QED) is 0.921. The molecule has 1 aliphatic rings. The van der Waals surface area contributed by atoms with E-state index in [1.54, 1.807) is 12.1 Å². The predicted octanol–water partition coefficient (Wildman–Crippen LogP) is 2.57. The minimum Gasteiger partial charge on any atom is -0.477 e. The summed E-state index contributed by atoms with van der Waals surface area (Å²) < 4.78 is 0. The number of carboxylic acids is 1. The molecular weight excluding hydrogens is 256 g/mol. The smallest absolute Gasteiger partial charge is 0.354 e. The molecule has 2 rings (SSSR count). The lowest BCUT2D eigenvalue weighted by Gasteiger charge is -2.29. The second-order valence-corrected chi connectivity index (χ2v) is 5.12. The van der Waals surface area contributed by atoms with Crippen molar-refractivity contribution in [3.63, 3.8) is 0 Å². The van der Waals surface area contributed by atoms with Crippen LogP contribution in [0.4, 0.5) is 0 Å². The van der Waals surface area contributed by atoms with E-state index in [1.807, 2.05) is 4.90 Å². The van der Waals surface area contributed by atoms with Gasteiger partial charge in [-0.15, -0.1) is 0 Å². The van der Waals surface area contributed by atoms with E-state index in [0.717, 1.165) is 38.6 Å². The summed E-state index contributed by atoms with van der Waals surface area (Å²) in [6.07, 6.45) is 5.22. The zero-order chi connectivity index (χ0) is 14.5. The van der Waals surface area contributed by atoms with Crippen LogP contribution in [0.3, 0.4) is 0 Å². The highest BCUT2D eigenvalue weighted by atomic mass is 16.4. The first-order valence-electron chi connectivity index (χ1n) is 7.14. The van der Waals surface area contributed by atoms with Crippen molar-refractivity contribution in [1.82, 2.24) is 9.88 Å². The molecule has 0 radical (unpaired) electrons. The van der Waals surface area contributed by atoms with E-state index in [4.69, 9.17) is 5.11 Å². The molecule has 0 bridgehead atoms. The summed E-state index contributed by atoms with van der Waals surface area (Å²) in [5.41, 5.74) is 0.143. The summed E-state index contributed by atoms with van der Waals surface area (Å²) in [7, 11) is 0. The van der Waals surface area contributed by atoms with Gasteiger partial charge in [0, 0.05) is 12.6 Å². The first-order valence-corrected chi connectivity index (χ1v) is 7.14. The third-order valence-electron chi connectivity index (χ3n) is 3.80. The molecule has 2 heterocycles. The lowest BCUT2D eigenvalue weighted by Crippen LogP contribution is -2.40. The van der Waals surface area contributed by atoms with Crippen LogP contribution in [-0.4, -0.2) is 39.5 Å². The minimum atomic E-state index is -1.11. The Morgan fingerprint density at radius 2 is 2.05 bits per heavy atom. The van der Waals surface area contributed by atoms with Crippen LogP contribution >= 0.6 is 0 Å². The predicted molar refractivity (Wildman–Crippen MR) is 74.8 cm³/mol. The Morgan fingerprint density at radius 3 is 2.75 bits per heavy atom. The number of pyridine rings is 1. The highest BCUT2D eigenvalue weighted by Crippen LogP contribution is 2.21. The van der Waals surface area contributed by atoms with Gasteiger partial charge in [-0.1, -0.05) is 25.8 Å². The van der Waals surface area contributed by atoms with Gasteiger partial charge in [0.05, 0.1) is 0 Å². The number of rotatable bonds is 3. The van der Waals surface area contributed by atoms with Crippen molar-refractivity contribution < 1.29 is 14.7 Å². The van der Waals surface area contributed by atoms with Gasteiger partial charge >= 0.3 is 5.97 Å². The standard InChI is InChI=1S/C15H20N2O3/c1-2-11-7-4-3-5-10-17(11)14(18)12-8-6-9-13(16-12)15(19)20/h6,8-9,11H,2-5,7,10H2,1H3,(H,19,20).